The van der Waals surface area contributed by atoms with Crippen LogP contribution in [0.1, 0.15) is 21.5 Å². The highest BCUT2D eigenvalue weighted by molar-refractivity contribution is 9.10. The Hall–Kier alpha value is -3.27. The number of aliphatic imine (C=N–C) groups is 1. The van der Waals surface area contributed by atoms with E-state index in [4.69, 9.17) is 21.1 Å². The van der Waals surface area contributed by atoms with Crippen LogP contribution in [0.25, 0.3) is 6.08 Å². The van der Waals surface area contributed by atoms with E-state index in [2.05, 4.69) is 20.9 Å². The minimum absolute atomic E-state index is 0.124. The molecule has 0 aromatic heterocycles. The van der Waals surface area contributed by atoms with Crippen LogP contribution in [0.5, 0.6) is 11.5 Å². The third-order valence-electron chi connectivity index (χ3n) is 5.20. The quantitative estimate of drug-likeness (QED) is 0.313. The van der Waals surface area contributed by atoms with E-state index in [0.717, 1.165) is 11.1 Å². The molecular formula is C26H20BrClN2O5S. The van der Waals surface area contributed by atoms with Crippen molar-refractivity contribution in [3.63, 3.8) is 0 Å². The number of benzene rings is 3. The van der Waals surface area contributed by atoms with E-state index in [9.17, 15) is 14.7 Å². The van der Waals surface area contributed by atoms with Crippen molar-refractivity contribution < 1.29 is 24.2 Å². The summed E-state index contributed by atoms with van der Waals surface area (Å²) < 4.78 is 12.2. The second kappa shape index (κ2) is 11.2. The van der Waals surface area contributed by atoms with E-state index >= 15 is 0 Å². The highest BCUT2D eigenvalue weighted by atomic mass is 79.9. The van der Waals surface area contributed by atoms with Crippen molar-refractivity contribution in [3.05, 3.63) is 91.8 Å². The lowest BCUT2D eigenvalue weighted by atomic mass is 10.1. The number of hydrogen-bond acceptors (Lipinski definition) is 6. The SMILES string of the molecule is COc1cc(/C=C2/SC(=Nc3cccc(C(=O)O)c3)N(C)C2=O)cc(Br)c1OCc1ccccc1Cl. The first-order valence-electron chi connectivity index (χ1n) is 10.6. The molecule has 184 valence electrons. The molecule has 1 aliphatic rings. The van der Waals surface area contributed by atoms with E-state index in [0.29, 0.717) is 36.8 Å². The number of carboxylic acids is 1. The number of carbonyl (C=O) groups is 2. The highest BCUT2D eigenvalue weighted by Gasteiger charge is 2.30. The minimum atomic E-state index is -1.04. The van der Waals surface area contributed by atoms with Crippen LogP contribution in [-0.2, 0) is 11.4 Å². The summed E-state index contributed by atoms with van der Waals surface area (Å²) in [5.41, 5.74) is 2.14. The van der Waals surface area contributed by atoms with Crippen molar-refractivity contribution in [1.82, 2.24) is 4.90 Å². The molecule has 1 heterocycles. The largest absolute Gasteiger partial charge is 0.493 e. The fourth-order valence-corrected chi connectivity index (χ4v) is 5.10. The molecule has 0 saturated carbocycles. The zero-order valence-electron chi connectivity index (χ0n) is 19.2. The minimum Gasteiger partial charge on any atom is -0.493 e. The van der Waals surface area contributed by atoms with Gasteiger partial charge in [-0.25, -0.2) is 9.79 Å². The lowest BCUT2D eigenvalue weighted by molar-refractivity contribution is -0.121. The zero-order chi connectivity index (χ0) is 25.8. The maximum Gasteiger partial charge on any atom is 0.335 e. The summed E-state index contributed by atoms with van der Waals surface area (Å²) in [7, 11) is 3.17. The van der Waals surface area contributed by atoms with E-state index in [1.54, 1.807) is 44.5 Å². The summed E-state index contributed by atoms with van der Waals surface area (Å²) >= 11 is 11.0. The second-order valence-electron chi connectivity index (χ2n) is 7.64. The molecule has 0 bridgehead atoms. The van der Waals surface area contributed by atoms with Gasteiger partial charge in [0, 0.05) is 17.6 Å². The van der Waals surface area contributed by atoms with Crippen LogP contribution in [0.3, 0.4) is 0 Å². The van der Waals surface area contributed by atoms with E-state index < -0.39 is 5.97 Å². The van der Waals surface area contributed by atoms with Crippen molar-refractivity contribution in [1.29, 1.82) is 0 Å². The smallest absolute Gasteiger partial charge is 0.335 e. The van der Waals surface area contributed by atoms with Crippen molar-refractivity contribution in [3.8, 4) is 11.5 Å². The van der Waals surface area contributed by atoms with Gasteiger partial charge in [0.1, 0.15) is 6.61 Å². The summed E-state index contributed by atoms with van der Waals surface area (Å²) in [6.07, 6.45) is 1.74. The molecule has 4 rings (SSSR count). The molecule has 0 radical (unpaired) electrons. The van der Waals surface area contributed by atoms with Crippen LogP contribution in [0, 0.1) is 0 Å². The van der Waals surface area contributed by atoms with Crippen LogP contribution in [-0.4, -0.2) is 41.2 Å². The van der Waals surface area contributed by atoms with Gasteiger partial charge in [0.2, 0.25) is 0 Å². The molecule has 0 unspecified atom stereocenters. The number of amides is 1. The van der Waals surface area contributed by atoms with E-state index in [1.165, 1.54) is 28.8 Å². The topological polar surface area (TPSA) is 88.4 Å². The molecule has 3 aromatic carbocycles. The van der Waals surface area contributed by atoms with Crippen molar-refractivity contribution in [2.45, 2.75) is 6.61 Å². The lowest BCUT2D eigenvalue weighted by Crippen LogP contribution is -2.23. The number of hydrogen-bond donors (Lipinski definition) is 1. The standard InChI is InChI=1S/C26H20BrClN2O5S/c1-30-24(31)22(36-26(30)29-18-8-5-7-16(13-18)25(32)33)12-15-10-19(27)23(21(11-15)34-2)35-14-17-6-3-4-9-20(17)28/h3-13H,14H2,1-2H3,(H,32,33)/b22-12+,29-26?. The molecule has 1 amide bonds. The lowest BCUT2D eigenvalue weighted by Gasteiger charge is -2.14. The second-order valence-corrected chi connectivity index (χ2v) is 9.91. The molecule has 1 fully saturated rings. The van der Waals surface area contributed by atoms with Gasteiger partial charge in [-0.15, -0.1) is 0 Å². The van der Waals surface area contributed by atoms with Crippen molar-refractivity contribution in [2.75, 3.05) is 14.2 Å². The van der Waals surface area contributed by atoms with Gasteiger partial charge in [-0.2, -0.15) is 0 Å². The number of likely N-dealkylation sites (N-methyl/N-ethyl adjacent to an activating group) is 1. The van der Waals surface area contributed by atoms with Crippen molar-refractivity contribution >= 4 is 68.1 Å². The molecule has 0 atom stereocenters. The Morgan fingerprint density at radius 2 is 1.97 bits per heavy atom. The van der Waals surface area contributed by atoms with Gasteiger partial charge in [-0.3, -0.25) is 9.69 Å². The summed E-state index contributed by atoms with van der Waals surface area (Å²) in [4.78, 5) is 30.5. The number of thioether (sulfide) groups is 1. The summed E-state index contributed by atoms with van der Waals surface area (Å²) in [6.45, 7) is 0.261. The molecule has 1 saturated heterocycles. The average Bonchev–Trinajstić information content (AvgIpc) is 3.11. The first-order chi connectivity index (χ1) is 17.3. The first-order valence-corrected chi connectivity index (χ1v) is 12.6. The molecule has 0 aliphatic carbocycles. The van der Waals surface area contributed by atoms with Gasteiger partial charge in [-0.1, -0.05) is 35.9 Å². The van der Waals surface area contributed by atoms with Gasteiger partial charge >= 0.3 is 5.97 Å². The Kier molecular flexibility index (Phi) is 8.03. The maximum absolute atomic E-state index is 12.9. The fraction of sp³-hybridized carbons (Fsp3) is 0.115. The molecule has 3 aromatic rings. The highest BCUT2D eigenvalue weighted by Crippen LogP contribution is 2.40. The molecule has 7 nitrogen and oxygen atoms in total. The Morgan fingerprint density at radius 3 is 2.69 bits per heavy atom. The van der Waals surface area contributed by atoms with Crippen LogP contribution < -0.4 is 9.47 Å². The van der Waals surface area contributed by atoms with E-state index in [-0.39, 0.29) is 18.1 Å². The number of halogens is 2. The van der Waals surface area contributed by atoms with Gasteiger partial charge in [0.15, 0.2) is 16.7 Å². The number of carbonyl (C=O) groups excluding carboxylic acids is 1. The van der Waals surface area contributed by atoms with Crippen LogP contribution in [0.4, 0.5) is 5.69 Å². The van der Waals surface area contributed by atoms with E-state index in [1.807, 2.05) is 24.3 Å². The fourth-order valence-electron chi connectivity index (χ4n) is 3.35. The number of amidine groups is 1. The van der Waals surface area contributed by atoms with Crippen LogP contribution in [0.2, 0.25) is 5.02 Å². The molecule has 36 heavy (non-hydrogen) atoms. The Morgan fingerprint density at radius 1 is 1.19 bits per heavy atom. The van der Waals surface area contributed by atoms with Gasteiger partial charge in [-0.05, 0) is 75.7 Å². The monoisotopic (exact) mass is 586 g/mol. The normalized spacial score (nSPS) is 15.6. The third kappa shape index (κ3) is 5.75. The van der Waals surface area contributed by atoms with Crippen LogP contribution in [0.15, 0.2) is 75.0 Å². The average molecular weight is 588 g/mol. The summed E-state index contributed by atoms with van der Waals surface area (Å²) in [6, 6.07) is 17.3. The molecule has 1 N–H and O–H groups in total. The predicted octanol–water partition coefficient (Wildman–Crippen LogP) is 6.62. The number of rotatable bonds is 7. The Labute approximate surface area is 225 Å². The maximum atomic E-state index is 12.9. The summed E-state index contributed by atoms with van der Waals surface area (Å²) in [5.74, 6) is -0.253. The van der Waals surface area contributed by atoms with Gasteiger partial charge in [0.25, 0.3) is 5.91 Å². The van der Waals surface area contributed by atoms with Gasteiger partial charge < -0.3 is 14.6 Å². The molecule has 1 aliphatic heterocycles. The molecular weight excluding hydrogens is 568 g/mol. The number of nitrogens with zero attached hydrogens (tertiary/aromatic N) is 2. The predicted molar refractivity (Wildman–Crippen MR) is 145 cm³/mol. The Balaban J connectivity index is 1.58. The number of carboxylic acid groups (broad SMARTS) is 1. The number of ether oxygens (including phenoxy) is 2. The zero-order valence-corrected chi connectivity index (χ0v) is 22.4. The first kappa shape index (κ1) is 25.8. The molecule has 10 heteroatoms. The third-order valence-corrected chi connectivity index (χ3v) is 7.22. The van der Waals surface area contributed by atoms with Crippen molar-refractivity contribution in [2.24, 2.45) is 4.99 Å². The summed E-state index contributed by atoms with van der Waals surface area (Å²) in [5, 5.41) is 10.3. The number of aromatic carboxylic acids is 1. The van der Waals surface area contributed by atoms with Crippen LogP contribution >= 0.6 is 39.3 Å². The van der Waals surface area contributed by atoms with Gasteiger partial charge in [0.05, 0.1) is 27.7 Å². The number of methoxy groups -OCH3 is 1. The molecule has 0 spiro atoms. The Bertz CT molecular complexity index is 1410.